The maximum atomic E-state index is 12.1. The van der Waals surface area contributed by atoms with Gasteiger partial charge in [-0.25, -0.2) is 0 Å². The van der Waals surface area contributed by atoms with Gasteiger partial charge in [-0.3, -0.25) is 4.79 Å². The van der Waals surface area contributed by atoms with Crippen LogP contribution in [0, 0.1) is 0 Å². The molecule has 4 nitrogen and oxygen atoms in total. The highest BCUT2D eigenvalue weighted by molar-refractivity contribution is 5.94. The summed E-state index contributed by atoms with van der Waals surface area (Å²) >= 11 is 0. The van der Waals surface area contributed by atoms with E-state index >= 15 is 0 Å². The Balaban J connectivity index is 2.16. The maximum Gasteiger partial charge on any atom is 0.241 e. The molecule has 0 aromatic heterocycles. The van der Waals surface area contributed by atoms with Crippen LogP contribution in [0.1, 0.15) is 30.9 Å². The van der Waals surface area contributed by atoms with E-state index in [1.54, 1.807) is 7.11 Å². The Labute approximate surface area is 137 Å². The molecule has 0 spiro atoms. The van der Waals surface area contributed by atoms with Gasteiger partial charge in [0.15, 0.2) is 0 Å². The molecule has 122 valence electrons. The Morgan fingerprint density at radius 2 is 1.96 bits per heavy atom. The van der Waals surface area contributed by atoms with E-state index in [-0.39, 0.29) is 5.91 Å². The van der Waals surface area contributed by atoms with Crippen molar-refractivity contribution >= 4 is 11.6 Å². The second-order valence-corrected chi connectivity index (χ2v) is 5.57. The van der Waals surface area contributed by atoms with Crippen molar-refractivity contribution in [3.05, 3.63) is 59.7 Å². The minimum atomic E-state index is -0.473. The molecule has 0 aliphatic rings. The summed E-state index contributed by atoms with van der Waals surface area (Å²) in [4.78, 5) is 12.1. The van der Waals surface area contributed by atoms with E-state index in [1.807, 2.05) is 43.3 Å². The summed E-state index contributed by atoms with van der Waals surface area (Å²) in [5.74, 6) is 0.660. The molecule has 2 rings (SSSR count). The van der Waals surface area contributed by atoms with Crippen LogP contribution in [-0.2, 0) is 11.2 Å². The lowest BCUT2D eigenvalue weighted by Crippen LogP contribution is -2.35. The van der Waals surface area contributed by atoms with E-state index in [9.17, 15) is 4.79 Å². The molecule has 23 heavy (non-hydrogen) atoms. The quantitative estimate of drug-likeness (QED) is 0.824. The molecule has 0 heterocycles. The molecule has 4 heteroatoms. The number of anilines is 1. The molecular formula is C19H24N2O2. The first-order valence-electron chi connectivity index (χ1n) is 7.91. The minimum Gasteiger partial charge on any atom is -0.496 e. The monoisotopic (exact) mass is 312 g/mol. The molecule has 3 N–H and O–H groups in total. The van der Waals surface area contributed by atoms with E-state index in [4.69, 9.17) is 10.5 Å². The van der Waals surface area contributed by atoms with Crippen LogP contribution in [0.5, 0.6) is 5.75 Å². The lowest BCUT2D eigenvalue weighted by molar-refractivity contribution is -0.117. The van der Waals surface area contributed by atoms with Crippen molar-refractivity contribution in [2.45, 2.75) is 32.2 Å². The summed E-state index contributed by atoms with van der Waals surface area (Å²) in [5, 5.41) is 2.88. The Morgan fingerprint density at radius 1 is 1.22 bits per heavy atom. The summed E-state index contributed by atoms with van der Waals surface area (Å²) in [5.41, 5.74) is 8.82. The van der Waals surface area contributed by atoms with E-state index in [0.717, 1.165) is 29.8 Å². The van der Waals surface area contributed by atoms with Gasteiger partial charge in [0, 0.05) is 17.7 Å². The van der Waals surface area contributed by atoms with Crippen LogP contribution in [0.15, 0.2) is 48.5 Å². The molecule has 0 radical (unpaired) electrons. The number of hydrogen-bond acceptors (Lipinski definition) is 3. The van der Waals surface area contributed by atoms with Gasteiger partial charge in [0.25, 0.3) is 0 Å². The van der Waals surface area contributed by atoms with Crippen LogP contribution in [0.4, 0.5) is 5.69 Å². The standard InChI is InChI=1S/C19H24N2O2/c1-3-7-17(20)19(22)21-16-10-11-18(23-2)15(13-16)12-14-8-5-4-6-9-14/h4-6,8-11,13,17H,3,7,12,20H2,1-2H3,(H,21,22). The number of methoxy groups -OCH3 is 1. The van der Waals surface area contributed by atoms with Crippen LogP contribution in [0.25, 0.3) is 0 Å². The number of amides is 1. The maximum absolute atomic E-state index is 12.1. The molecular weight excluding hydrogens is 288 g/mol. The van der Waals surface area contributed by atoms with Gasteiger partial charge in [0.2, 0.25) is 5.91 Å². The summed E-state index contributed by atoms with van der Waals surface area (Å²) in [6.07, 6.45) is 2.31. The van der Waals surface area contributed by atoms with Crippen molar-refractivity contribution in [3.8, 4) is 5.75 Å². The summed E-state index contributed by atoms with van der Waals surface area (Å²) in [7, 11) is 1.65. The third kappa shape index (κ3) is 4.83. The molecule has 0 saturated carbocycles. The number of rotatable bonds is 7. The lowest BCUT2D eigenvalue weighted by Gasteiger charge is -2.14. The van der Waals surface area contributed by atoms with E-state index in [1.165, 1.54) is 5.56 Å². The third-order valence-electron chi connectivity index (χ3n) is 3.72. The largest absolute Gasteiger partial charge is 0.496 e. The zero-order valence-electron chi connectivity index (χ0n) is 13.7. The van der Waals surface area contributed by atoms with Crippen molar-refractivity contribution in [1.82, 2.24) is 0 Å². The van der Waals surface area contributed by atoms with Crippen molar-refractivity contribution in [1.29, 1.82) is 0 Å². The number of hydrogen-bond donors (Lipinski definition) is 2. The van der Waals surface area contributed by atoms with E-state index in [0.29, 0.717) is 6.42 Å². The lowest BCUT2D eigenvalue weighted by atomic mass is 10.0. The van der Waals surface area contributed by atoms with Crippen molar-refractivity contribution in [2.75, 3.05) is 12.4 Å². The van der Waals surface area contributed by atoms with Crippen LogP contribution in [0.3, 0.4) is 0 Å². The Bertz CT molecular complexity index is 641. The molecule has 2 aromatic rings. The van der Waals surface area contributed by atoms with Gasteiger partial charge in [-0.05, 0) is 30.2 Å². The number of carbonyl (C=O) groups excluding carboxylic acids is 1. The third-order valence-corrected chi connectivity index (χ3v) is 3.72. The highest BCUT2D eigenvalue weighted by Crippen LogP contribution is 2.25. The molecule has 1 atom stereocenters. The molecule has 0 aliphatic heterocycles. The fourth-order valence-electron chi connectivity index (χ4n) is 2.49. The highest BCUT2D eigenvalue weighted by atomic mass is 16.5. The average molecular weight is 312 g/mol. The van der Waals surface area contributed by atoms with Crippen LogP contribution in [0.2, 0.25) is 0 Å². The number of ether oxygens (including phenoxy) is 1. The van der Waals surface area contributed by atoms with Gasteiger partial charge in [-0.2, -0.15) is 0 Å². The van der Waals surface area contributed by atoms with Gasteiger partial charge >= 0.3 is 0 Å². The normalized spacial score (nSPS) is 11.8. The number of nitrogens with one attached hydrogen (secondary N) is 1. The van der Waals surface area contributed by atoms with Gasteiger partial charge in [0.05, 0.1) is 13.2 Å². The summed E-state index contributed by atoms with van der Waals surface area (Å²) in [6.45, 7) is 2.01. The van der Waals surface area contributed by atoms with Crippen molar-refractivity contribution < 1.29 is 9.53 Å². The van der Waals surface area contributed by atoms with Crippen LogP contribution < -0.4 is 15.8 Å². The van der Waals surface area contributed by atoms with E-state index < -0.39 is 6.04 Å². The molecule has 1 amide bonds. The molecule has 0 fully saturated rings. The molecule has 0 saturated heterocycles. The average Bonchev–Trinajstić information content (AvgIpc) is 2.56. The smallest absolute Gasteiger partial charge is 0.241 e. The Kier molecular flexibility index (Phi) is 6.18. The second-order valence-electron chi connectivity index (χ2n) is 5.57. The van der Waals surface area contributed by atoms with Gasteiger partial charge < -0.3 is 15.8 Å². The second kappa shape index (κ2) is 8.34. The first-order valence-corrected chi connectivity index (χ1v) is 7.91. The van der Waals surface area contributed by atoms with Gasteiger partial charge in [-0.15, -0.1) is 0 Å². The SMILES string of the molecule is CCCC(N)C(=O)Nc1ccc(OC)c(Cc2ccccc2)c1. The minimum absolute atomic E-state index is 0.150. The first kappa shape index (κ1) is 17.0. The Hall–Kier alpha value is -2.33. The number of nitrogens with two attached hydrogens (primary N) is 1. The summed E-state index contributed by atoms with van der Waals surface area (Å²) in [6, 6.07) is 15.3. The van der Waals surface area contributed by atoms with Crippen molar-refractivity contribution in [2.24, 2.45) is 5.73 Å². The first-order chi connectivity index (χ1) is 11.1. The fourth-order valence-corrected chi connectivity index (χ4v) is 2.49. The molecule has 1 unspecified atom stereocenters. The molecule has 0 bridgehead atoms. The number of benzene rings is 2. The predicted molar refractivity (Wildman–Crippen MR) is 93.8 cm³/mol. The topological polar surface area (TPSA) is 64.4 Å². The van der Waals surface area contributed by atoms with Crippen molar-refractivity contribution in [3.63, 3.8) is 0 Å². The zero-order chi connectivity index (χ0) is 16.7. The predicted octanol–water partition coefficient (Wildman–Crippen LogP) is 3.35. The van der Waals surface area contributed by atoms with Crippen LogP contribution >= 0.6 is 0 Å². The highest BCUT2D eigenvalue weighted by Gasteiger charge is 2.13. The molecule has 0 aliphatic carbocycles. The zero-order valence-corrected chi connectivity index (χ0v) is 13.7. The summed E-state index contributed by atoms with van der Waals surface area (Å²) < 4.78 is 5.43. The van der Waals surface area contributed by atoms with Crippen LogP contribution in [-0.4, -0.2) is 19.1 Å². The fraction of sp³-hybridized carbons (Fsp3) is 0.316. The van der Waals surface area contributed by atoms with Gasteiger partial charge in [-0.1, -0.05) is 43.7 Å². The molecule has 2 aromatic carbocycles. The Morgan fingerprint density at radius 3 is 2.61 bits per heavy atom. The van der Waals surface area contributed by atoms with E-state index in [2.05, 4.69) is 17.4 Å². The number of carbonyl (C=O) groups is 1. The van der Waals surface area contributed by atoms with Gasteiger partial charge in [0.1, 0.15) is 5.75 Å².